The molecule has 0 radical (unpaired) electrons. The highest BCUT2D eigenvalue weighted by atomic mass is 79.9. The van der Waals surface area contributed by atoms with Gasteiger partial charge in [-0.15, -0.1) is 0 Å². The van der Waals surface area contributed by atoms with Gasteiger partial charge in [-0.1, -0.05) is 35.2 Å². The zero-order valence-corrected chi connectivity index (χ0v) is 13.0. The van der Waals surface area contributed by atoms with Crippen molar-refractivity contribution in [2.75, 3.05) is 11.9 Å². The van der Waals surface area contributed by atoms with E-state index in [0.717, 1.165) is 17.4 Å². The third-order valence-electron chi connectivity index (χ3n) is 3.60. The van der Waals surface area contributed by atoms with Gasteiger partial charge in [0.1, 0.15) is 0 Å². The molecule has 0 aliphatic heterocycles. The third-order valence-corrected chi connectivity index (χ3v) is 4.68. The fraction of sp³-hybridized carbons (Fsp3) is 0.643. The summed E-state index contributed by atoms with van der Waals surface area (Å²) in [5.74, 6) is 0.291. The normalized spacial score (nSPS) is 16.7. The molecule has 1 aliphatic rings. The summed E-state index contributed by atoms with van der Waals surface area (Å²) in [4.78, 5) is 14.5. The number of halogens is 1. The molecule has 18 heavy (non-hydrogen) atoms. The molecule has 1 saturated carbocycles. The van der Waals surface area contributed by atoms with E-state index < -0.39 is 0 Å². The van der Waals surface area contributed by atoms with Crippen LogP contribution in [0.3, 0.4) is 0 Å². The van der Waals surface area contributed by atoms with Crippen LogP contribution in [0, 0.1) is 0 Å². The van der Waals surface area contributed by atoms with Crippen LogP contribution < -0.4 is 0 Å². The van der Waals surface area contributed by atoms with E-state index in [-0.39, 0.29) is 0 Å². The maximum Gasteiger partial charge on any atom is 0.227 e. The highest BCUT2D eigenvalue weighted by molar-refractivity contribution is 9.09. The van der Waals surface area contributed by atoms with Crippen molar-refractivity contribution in [3.8, 4) is 0 Å². The van der Waals surface area contributed by atoms with Crippen LogP contribution in [0.1, 0.15) is 37.7 Å². The first kappa shape index (κ1) is 14.1. The van der Waals surface area contributed by atoms with E-state index in [0.29, 0.717) is 18.4 Å². The van der Waals surface area contributed by atoms with Crippen LogP contribution in [0.15, 0.2) is 16.8 Å². The highest BCUT2D eigenvalue weighted by Crippen LogP contribution is 2.23. The second-order valence-corrected chi connectivity index (χ2v) is 6.45. The quantitative estimate of drug-likeness (QED) is 0.751. The molecule has 1 aliphatic carbocycles. The maximum absolute atomic E-state index is 12.4. The van der Waals surface area contributed by atoms with Crippen LogP contribution in [0.5, 0.6) is 0 Å². The number of alkyl halides is 1. The molecule has 0 spiro atoms. The summed E-state index contributed by atoms with van der Waals surface area (Å²) in [7, 11) is 0. The van der Waals surface area contributed by atoms with Gasteiger partial charge >= 0.3 is 0 Å². The minimum Gasteiger partial charge on any atom is -0.339 e. The number of nitrogens with zero attached hydrogens (tertiary/aromatic N) is 1. The lowest BCUT2D eigenvalue weighted by Gasteiger charge is -2.34. The Morgan fingerprint density at radius 2 is 2.17 bits per heavy atom. The van der Waals surface area contributed by atoms with E-state index in [2.05, 4.69) is 32.3 Å². The Bertz CT molecular complexity index is 360. The molecule has 100 valence electrons. The molecule has 2 nitrogen and oxygen atoms in total. The molecule has 0 saturated heterocycles. The molecule has 0 unspecified atom stereocenters. The first-order valence-corrected chi connectivity index (χ1v) is 8.74. The summed E-state index contributed by atoms with van der Waals surface area (Å²) < 4.78 is 0. The molecule has 1 fully saturated rings. The lowest BCUT2D eigenvalue weighted by molar-refractivity contribution is -0.133. The van der Waals surface area contributed by atoms with Gasteiger partial charge in [0.2, 0.25) is 5.91 Å². The molecule has 0 N–H and O–H groups in total. The van der Waals surface area contributed by atoms with Gasteiger partial charge in [0.15, 0.2) is 0 Å². The van der Waals surface area contributed by atoms with Gasteiger partial charge in [0.05, 0.1) is 6.42 Å². The second-order valence-electron chi connectivity index (χ2n) is 4.88. The van der Waals surface area contributed by atoms with Crippen LogP contribution in [0.25, 0.3) is 0 Å². The number of rotatable bonds is 5. The summed E-state index contributed by atoms with van der Waals surface area (Å²) in [6.07, 6.45) is 6.81. The monoisotopic (exact) mass is 329 g/mol. The molecule has 0 atom stereocenters. The zero-order valence-electron chi connectivity index (χ0n) is 10.6. The Kier molecular flexibility index (Phi) is 5.70. The van der Waals surface area contributed by atoms with Gasteiger partial charge in [-0.3, -0.25) is 4.79 Å². The molecule has 2 rings (SSSR count). The zero-order chi connectivity index (χ0) is 12.8. The van der Waals surface area contributed by atoms with E-state index >= 15 is 0 Å². The minimum atomic E-state index is 0.291. The summed E-state index contributed by atoms with van der Waals surface area (Å²) >= 11 is 5.13. The number of carbonyl (C=O) groups is 1. The van der Waals surface area contributed by atoms with Crippen molar-refractivity contribution in [1.29, 1.82) is 0 Å². The van der Waals surface area contributed by atoms with E-state index in [9.17, 15) is 4.79 Å². The van der Waals surface area contributed by atoms with Crippen LogP contribution in [0.2, 0.25) is 0 Å². The van der Waals surface area contributed by atoms with Crippen LogP contribution in [-0.2, 0) is 11.2 Å². The third kappa shape index (κ3) is 3.82. The Hall–Kier alpha value is -0.350. The Balaban J connectivity index is 1.97. The lowest BCUT2D eigenvalue weighted by Crippen LogP contribution is -2.43. The maximum atomic E-state index is 12.4. The van der Waals surface area contributed by atoms with Gasteiger partial charge < -0.3 is 4.90 Å². The largest absolute Gasteiger partial charge is 0.339 e. The standard InChI is InChI=1S/C14H20BrNOS/c15-7-8-16(13-4-2-1-3-5-13)14(17)10-12-6-9-18-11-12/h6,9,11,13H,1-5,7-8,10H2. The van der Waals surface area contributed by atoms with E-state index in [1.54, 1.807) is 11.3 Å². The van der Waals surface area contributed by atoms with Crippen molar-refractivity contribution < 1.29 is 4.79 Å². The minimum absolute atomic E-state index is 0.291. The van der Waals surface area contributed by atoms with Gasteiger partial charge in [-0.2, -0.15) is 11.3 Å². The SMILES string of the molecule is O=C(Cc1ccsc1)N(CCBr)C1CCCCC1. The number of thiophene rings is 1. The van der Waals surface area contributed by atoms with Crippen molar-refractivity contribution >= 4 is 33.2 Å². The molecule has 4 heteroatoms. The van der Waals surface area contributed by atoms with Crippen LogP contribution in [0.4, 0.5) is 0 Å². The average Bonchev–Trinajstić information content (AvgIpc) is 2.89. The van der Waals surface area contributed by atoms with Gasteiger partial charge in [-0.05, 0) is 35.2 Å². The van der Waals surface area contributed by atoms with Gasteiger partial charge in [0, 0.05) is 17.9 Å². The molecular weight excluding hydrogens is 310 g/mol. The molecule has 1 amide bonds. The fourth-order valence-electron chi connectivity index (χ4n) is 2.66. The van der Waals surface area contributed by atoms with Crippen LogP contribution in [-0.4, -0.2) is 28.7 Å². The van der Waals surface area contributed by atoms with E-state index in [4.69, 9.17) is 0 Å². The smallest absolute Gasteiger partial charge is 0.227 e. The van der Waals surface area contributed by atoms with Gasteiger partial charge in [0.25, 0.3) is 0 Å². The van der Waals surface area contributed by atoms with Crippen molar-refractivity contribution in [3.63, 3.8) is 0 Å². The first-order valence-electron chi connectivity index (χ1n) is 6.68. The molecule has 1 aromatic rings. The lowest BCUT2D eigenvalue weighted by atomic mass is 9.94. The number of amides is 1. The Labute approximate surface area is 122 Å². The molecular formula is C14H20BrNOS. The Morgan fingerprint density at radius 1 is 1.39 bits per heavy atom. The topological polar surface area (TPSA) is 20.3 Å². The summed E-state index contributed by atoms with van der Waals surface area (Å²) in [5.41, 5.74) is 1.15. The molecule has 1 aromatic heterocycles. The number of hydrogen-bond donors (Lipinski definition) is 0. The highest BCUT2D eigenvalue weighted by Gasteiger charge is 2.24. The van der Waals surface area contributed by atoms with Gasteiger partial charge in [-0.25, -0.2) is 0 Å². The van der Waals surface area contributed by atoms with Crippen molar-refractivity contribution in [3.05, 3.63) is 22.4 Å². The van der Waals surface area contributed by atoms with Crippen LogP contribution >= 0.6 is 27.3 Å². The molecule has 0 bridgehead atoms. The predicted octanol–water partition coefficient (Wildman–Crippen LogP) is 3.85. The number of hydrogen-bond acceptors (Lipinski definition) is 2. The fourth-order valence-corrected chi connectivity index (χ4v) is 3.71. The van der Waals surface area contributed by atoms with E-state index in [1.165, 1.54) is 32.1 Å². The average molecular weight is 330 g/mol. The Morgan fingerprint density at radius 3 is 2.78 bits per heavy atom. The summed E-state index contributed by atoms with van der Waals surface area (Å²) in [6.45, 7) is 0.841. The summed E-state index contributed by atoms with van der Waals surface area (Å²) in [5, 5.41) is 4.99. The first-order chi connectivity index (χ1) is 8.81. The molecule has 1 heterocycles. The van der Waals surface area contributed by atoms with Crippen molar-refractivity contribution in [1.82, 2.24) is 4.90 Å². The second kappa shape index (κ2) is 7.29. The van der Waals surface area contributed by atoms with E-state index in [1.807, 2.05) is 5.38 Å². The van der Waals surface area contributed by atoms with Crippen molar-refractivity contribution in [2.45, 2.75) is 44.6 Å². The predicted molar refractivity (Wildman–Crippen MR) is 80.4 cm³/mol. The van der Waals surface area contributed by atoms with Crippen molar-refractivity contribution in [2.24, 2.45) is 0 Å². The molecule has 0 aromatic carbocycles. The summed E-state index contributed by atoms with van der Waals surface area (Å²) in [6, 6.07) is 2.53. The number of carbonyl (C=O) groups excluding carboxylic acids is 1.